The highest BCUT2D eigenvalue weighted by Gasteiger charge is 2.19. The normalized spacial score (nSPS) is 19.8. The summed E-state index contributed by atoms with van der Waals surface area (Å²) in [6, 6.07) is 0. The second kappa shape index (κ2) is 1.74. The molecular weight excluding hydrogens is 126 g/mol. The van der Waals surface area contributed by atoms with Gasteiger partial charge in [0.2, 0.25) is 5.91 Å². The average molecular weight is 131 g/mol. The van der Waals surface area contributed by atoms with Crippen LogP contribution >= 0.6 is 0 Å². The Morgan fingerprint density at radius 1 is 1.60 bits per heavy atom. The summed E-state index contributed by atoms with van der Waals surface area (Å²) in [7, 11) is 0. The van der Waals surface area contributed by atoms with Crippen LogP contribution in [0, 0.1) is 0 Å². The minimum absolute atomic E-state index is 0.0471. The number of carbonyl (C=O) groups is 1. The predicted molar refractivity (Wildman–Crippen MR) is 36.0 cm³/mol. The summed E-state index contributed by atoms with van der Waals surface area (Å²) < 4.78 is 0. The van der Waals surface area contributed by atoms with Crippen molar-refractivity contribution in [1.29, 1.82) is 0 Å². The van der Waals surface area contributed by atoms with Crippen LogP contribution in [0.4, 0.5) is 0 Å². The highest BCUT2D eigenvalue weighted by atomic mass is 16.1. The summed E-state index contributed by atoms with van der Waals surface area (Å²) in [5.41, 5.74) is 7.47. The fourth-order valence-electron chi connectivity index (χ4n) is 1.03. The van der Waals surface area contributed by atoms with Crippen molar-refractivity contribution in [3.63, 3.8) is 0 Å². The van der Waals surface area contributed by atoms with Crippen LogP contribution in [0.15, 0.2) is 34.9 Å². The molecule has 1 amide bonds. The highest BCUT2D eigenvalue weighted by Crippen LogP contribution is 2.18. The van der Waals surface area contributed by atoms with E-state index in [2.05, 4.69) is 16.8 Å². The smallest absolute Gasteiger partial charge is 0.229 e. The molecule has 0 aromatic heterocycles. The largest absolute Gasteiger partial charge is 0.325 e. The van der Waals surface area contributed by atoms with Gasteiger partial charge in [0.25, 0.3) is 0 Å². The molecule has 0 saturated carbocycles. The molecule has 2 nitrogen and oxygen atoms in total. The Bertz CT molecular complexity index is 323. The van der Waals surface area contributed by atoms with Crippen molar-refractivity contribution >= 4 is 5.91 Å². The highest BCUT2D eigenvalue weighted by molar-refractivity contribution is 5.87. The first kappa shape index (κ1) is 5.31. The van der Waals surface area contributed by atoms with E-state index < -0.39 is 0 Å². The van der Waals surface area contributed by atoms with E-state index in [-0.39, 0.29) is 5.91 Å². The van der Waals surface area contributed by atoms with Gasteiger partial charge in [-0.3, -0.25) is 4.79 Å². The van der Waals surface area contributed by atoms with Crippen molar-refractivity contribution in [3.8, 4) is 0 Å². The molecule has 0 atom stereocenters. The number of fused-ring (bicyclic) bond motifs is 1. The lowest BCUT2D eigenvalue weighted by Gasteiger charge is -1.94. The van der Waals surface area contributed by atoms with E-state index in [1.165, 1.54) is 0 Å². The maximum atomic E-state index is 10.8. The zero-order valence-corrected chi connectivity index (χ0v) is 5.27. The molecule has 0 aromatic carbocycles. The van der Waals surface area contributed by atoms with E-state index >= 15 is 0 Å². The molecule has 1 fully saturated rings. The van der Waals surface area contributed by atoms with Gasteiger partial charge in [-0.2, -0.15) is 0 Å². The molecule has 48 valence electrons. The first-order valence-electron chi connectivity index (χ1n) is 3.07. The lowest BCUT2D eigenvalue weighted by Crippen LogP contribution is -2.11. The Morgan fingerprint density at radius 3 is 3.30 bits per heavy atom. The summed E-state index contributed by atoms with van der Waals surface area (Å²) in [5.74, 6) is 0.0471. The zero-order chi connectivity index (χ0) is 6.97. The second-order valence-corrected chi connectivity index (χ2v) is 2.22. The molecule has 2 aliphatic rings. The number of nitrogens with one attached hydrogen (secondary N) is 1. The van der Waals surface area contributed by atoms with Crippen molar-refractivity contribution in [1.82, 2.24) is 5.32 Å². The molecule has 2 heteroatoms. The van der Waals surface area contributed by atoms with Gasteiger partial charge in [0.15, 0.2) is 0 Å². The summed E-state index contributed by atoms with van der Waals surface area (Å²) in [6.07, 6.45) is 4.02. The van der Waals surface area contributed by atoms with E-state index in [9.17, 15) is 4.79 Å². The minimum Gasteiger partial charge on any atom is -0.325 e. The third-order valence-electron chi connectivity index (χ3n) is 1.49. The monoisotopic (exact) mass is 131 g/mol. The maximum Gasteiger partial charge on any atom is 0.229 e. The standard InChI is InChI=1S/C8H5NO/c10-8-5-6-3-1-2-4-7(6)9-8/h2,4H,5H2,(H,9,10). The quantitative estimate of drug-likeness (QED) is 0.480. The van der Waals surface area contributed by atoms with Crippen LogP contribution in [0.5, 0.6) is 0 Å². The molecule has 10 heavy (non-hydrogen) atoms. The number of rotatable bonds is 0. The number of amides is 1. The summed E-state index contributed by atoms with van der Waals surface area (Å²) in [5, 5.41) is 2.71. The van der Waals surface area contributed by atoms with Gasteiger partial charge in [-0.1, -0.05) is 11.5 Å². The first-order chi connectivity index (χ1) is 4.86. The second-order valence-electron chi connectivity index (χ2n) is 2.22. The van der Waals surface area contributed by atoms with Crippen molar-refractivity contribution in [3.05, 3.63) is 34.9 Å². The van der Waals surface area contributed by atoms with Crippen LogP contribution in [0.25, 0.3) is 0 Å². The summed E-state index contributed by atoms with van der Waals surface area (Å²) >= 11 is 0. The molecule has 1 aliphatic carbocycles. The van der Waals surface area contributed by atoms with E-state index in [1.54, 1.807) is 6.08 Å². The van der Waals surface area contributed by atoms with Crippen LogP contribution in [-0.4, -0.2) is 5.91 Å². The third-order valence-corrected chi connectivity index (χ3v) is 1.49. The topological polar surface area (TPSA) is 29.1 Å². The number of hydrogen-bond acceptors (Lipinski definition) is 1. The molecule has 0 bridgehead atoms. The van der Waals surface area contributed by atoms with Gasteiger partial charge in [0, 0.05) is 5.57 Å². The van der Waals surface area contributed by atoms with Crippen LogP contribution < -0.4 is 5.32 Å². The van der Waals surface area contributed by atoms with Crippen molar-refractivity contribution < 1.29 is 4.79 Å². The molecule has 0 radical (unpaired) electrons. The summed E-state index contributed by atoms with van der Waals surface area (Å²) in [6.45, 7) is 0. The van der Waals surface area contributed by atoms with E-state index in [4.69, 9.17) is 0 Å². The number of allylic oxidation sites excluding steroid dienone is 3. The molecule has 1 heterocycles. The van der Waals surface area contributed by atoms with Crippen LogP contribution in [0.2, 0.25) is 0 Å². The molecule has 2 rings (SSSR count). The van der Waals surface area contributed by atoms with E-state index in [0.29, 0.717) is 6.42 Å². The molecule has 0 unspecified atom stereocenters. The molecule has 1 N–H and O–H groups in total. The van der Waals surface area contributed by atoms with Gasteiger partial charge >= 0.3 is 0 Å². The van der Waals surface area contributed by atoms with Crippen molar-refractivity contribution in [2.24, 2.45) is 0 Å². The fourth-order valence-corrected chi connectivity index (χ4v) is 1.03. The van der Waals surface area contributed by atoms with Gasteiger partial charge < -0.3 is 5.32 Å². The Morgan fingerprint density at radius 2 is 2.50 bits per heavy atom. The van der Waals surface area contributed by atoms with Gasteiger partial charge in [-0.25, -0.2) is 0 Å². The van der Waals surface area contributed by atoms with Gasteiger partial charge in [0.05, 0.1) is 12.1 Å². The first-order valence-corrected chi connectivity index (χ1v) is 3.07. The predicted octanol–water partition coefficient (Wildman–Crippen LogP) is 0.640. The van der Waals surface area contributed by atoms with E-state index in [0.717, 1.165) is 11.3 Å². The molecule has 1 aliphatic heterocycles. The Hall–Kier alpha value is -1.49. The van der Waals surface area contributed by atoms with Crippen LogP contribution in [0.3, 0.4) is 0 Å². The molecule has 0 spiro atoms. The SMILES string of the molecule is O=C1CC2=C=C=CC=C2N1. The Kier molecular flexibility index (Phi) is 0.925. The van der Waals surface area contributed by atoms with Crippen molar-refractivity contribution in [2.75, 3.05) is 0 Å². The van der Waals surface area contributed by atoms with Crippen molar-refractivity contribution in [2.45, 2.75) is 6.42 Å². The minimum atomic E-state index is 0.0471. The Labute approximate surface area is 58.2 Å². The lowest BCUT2D eigenvalue weighted by molar-refractivity contribution is -0.118. The fraction of sp³-hybridized carbons (Fsp3) is 0.125. The number of hydrogen-bond donors (Lipinski definition) is 1. The van der Waals surface area contributed by atoms with E-state index in [1.807, 2.05) is 6.08 Å². The maximum absolute atomic E-state index is 10.8. The zero-order valence-electron chi connectivity index (χ0n) is 5.27. The molecule has 1 saturated heterocycles. The molecular formula is C8H5NO. The Balaban J connectivity index is 2.54. The number of carbonyl (C=O) groups excluding carboxylic acids is 1. The lowest BCUT2D eigenvalue weighted by atomic mass is 10.1. The van der Waals surface area contributed by atoms with Gasteiger partial charge in [0.1, 0.15) is 0 Å². The van der Waals surface area contributed by atoms with Crippen LogP contribution in [-0.2, 0) is 4.79 Å². The van der Waals surface area contributed by atoms with Gasteiger partial charge in [-0.15, -0.1) is 0 Å². The molecule has 0 aromatic rings. The van der Waals surface area contributed by atoms with Gasteiger partial charge in [-0.05, 0) is 12.2 Å². The van der Waals surface area contributed by atoms with Crippen LogP contribution in [0.1, 0.15) is 6.42 Å². The third kappa shape index (κ3) is 0.645. The summed E-state index contributed by atoms with van der Waals surface area (Å²) in [4.78, 5) is 10.8. The average Bonchev–Trinajstić information content (AvgIpc) is 2.27.